The predicted molar refractivity (Wildman–Crippen MR) is 76.3 cm³/mol. The molecule has 1 aliphatic heterocycles. The molecule has 1 amide bonds. The molecule has 0 radical (unpaired) electrons. The first-order valence-corrected chi connectivity index (χ1v) is 6.85. The van der Waals surface area contributed by atoms with Crippen LogP contribution in [0.2, 0.25) is 0 Å². The highest BCUT2D eigenvalue weighted by Gasteiger charge is 2.38. The third kappa shape index (κ3) is 2.99. The molecule has 0 aliphatic carbocycles. The Morgan fingerprint density at radius 1 is 1.40 bits per heavy atom. The second-order valence-corrected chi connectivity index (χ2v) is 6.21. The maximum absolute atomic E-state index is 13.0. The molecule has 4 N–H and O–H groups in total. The molecule has 2 unspecified atom stereocenters. The van der Waals surface area contributed by atoms with Crippen molar-refractivity contribution in [2.75, 3.05) is 13.1 Å². The highest BCUT2D eigenvalue weighted by molar-refractivity contribution is 5.81. The van der Waals surface area contributed by atoms with Crippen molar-refractivity contribution in [1.82, 2.24) is 4.90 Å². The highest BCUT2D eigenvalue weighted by Crippen LogP contribution is 2.33. The second kappa shape index (κ2) is 5.50. The summed E-state index contributed by atoms with van der Waals surface area (Å²) in [6.45, 7) is 5.59. The first kappa shape index (κ1) is 14.9. The fourth-order valence-electron chi connectivity index (χ4n) is 2.84. The molecule has 0 bridgehead atoms. The lowest BCUT2D eigenvalue weighted by molar-refractivity contribution is -0.125. The molecule has 2 rings (SSSR count). The Bertz CT molecular complexity index is 486. The van der Waals surface area contributed by atoms with Crippen molar-refractivity contribution in [1.29, 1.82) is 0 Å². The monoisotopic (exact) mass is 279 g/mol. The van der Waals surface area contributed by atoms with Gasteiger partial charge in [0.15, 0.2) is 0 Å². The lowest BCUT2D eigenvalue weighted by Gasteiger charge is -2.45. The summed E-state index contributed by atoms with van der Waals surface area (Å²) in [5.41, 5.74) is 12.3. The van der Waals surface area contributed by atoms with Crippen molar-refractivity contribution in [3.05, 3.63) is 35.6 Å². The Morgan fingerprint density at radius 3 is 2.50 bits per heavy atom. The van der Waals surface area contributed by atoms with Crippen LogP contribution in [0.1, 0.15) is 31.9 Å². The van der Waals surface area contributed by atoms with Crippen molar-refractivity contribution >= 4 is 5.91 Å². The third-order valence-electron chi connectivity index (χ3n) is 4.16. The van der Waals surface area contributed by atoms with Crippen LogP contribution in [0.3, 0.4) is 0 Å². The second-order valence-electron chi connectivity index (χ2n) is 6.21. The summed E-state index contributed by atoms with van der Waals surface area (Å²) in [5, 5.41) is 0. The van der Waals surface area contributed by atoms with Gasteiger partial charge in [0.05, 0.1) is 0 Å². The zero-order valence-corrected chi connectivity index (χ0v) is 12.0. The van der Waals surface area contributed by atoms with E-state index in [9.17, 15) is 9.18 Å². The Balaban J connectivity index is 2.26. The number of carbonyl (C=O) groups excluding carboxylic acids is 1. The van der Waals surface area contributed by atoms with Gasteiger partial charge in [-0.05, 0) is 29.5 Å². The van der Waals surface area contributed by atoms with Gasteiger partial charge >= 0.3 is 0 Å². The Morgan fingerprint density at radius 2 is 2.00 bits per heavy atom. The summed E-state index contributed by atoms with van der Waals surface area (Å²) in [5.74, 6) is -0.735. The van der Waals surface area contributed by atoms with Crippen LogP contribution in [-0.4, -0.2) is 29.9 Å². The molecule has 1 fully saturated rings. The van der Waals surface area contributed by atoms with Gasteiger partial charge in [0.1, 0.15) is 11.9 Å². The Labute approximate surface area is 118 Å². The molecule has 1 saturated heterocycles. The van der Waals surface area contributed by atoms with Gasteiger partial charge < -0.3 is 11.5 Å². The first-order chi connectivity index (χ1) is 9.31. The van der Waals surface area contributed by atoms with Crippen LogP contribution in [0, 0.1) is 11.2 Å². The molecule has 0 saturated carbocycles. The number of benzene rings is 1. The molecule has 0 spiro atoms. The van der Waals surface area contributed by atoms with Crippen LogP contribution in [0.25, 0.3) is 0 Å². The topological polar surface area (TPSA) is 72.3 Å². The SMILES string of the molecule is CC1(C)CN(C(C(N)=O)c2ccc(F)cc2)CCC1N. The van der Waals surface area contributed by atoms with E-state index >= 15 is 0 Å². The summed E-state index contributed by atoms with van der Waals surface area (Å²) in [6.07, 6.45) is 0.817. The van der Waals surface area contributed by atoms with Crippen LogP contribution in [-0.2, 0) is 4.79 Å². The van der Waals surface area contributed by atoms with Crippen molar-refractivity contribution in [2.45, 2.75) is 32.4 Å². The lowest BCUT2D eigenvalue weighted by atomic mass is 9.79. The normalized spacial score (nSPS) is 24.3. The average Bonchev–Trinajstić information content (AvgIpc) is 2.36. The molecule has 1 heterocycles. The largest absolute Gasteiger partial charge is 0.368 e. The summed E-state index contributed by atoms with van der Waals surface area (Å²) in [6, 6.07) is 5.53. The van der Waals surface area contributed by atoms with Crippen molar-refractivity contribution in [3.8, 4) is 0 Å². The van der Waals surface area contributed by atoms with E-state index in [1.807, 2.05) is 4.90 Å². The van der Waals surface area contributed by atoms with Crippen LogP contribution < -0.4 is 11.5 Å². The number of piperidine rings is 1. The third-order valence-corrected chi connectivity index (χ3v) is 4.16. The summed E-state index contributed by atoms with van der Waals surface area (Å²) >= 11 is 0. The Kier molecular flexibility index (Phi) is 4.11. The molecule has 1 aromatic rings. The van der Waals surface area contributed by atoms with Gasteiger partial charge in [-0.2, -0.15) is 0 Å². The minimum absolute atomic E-state index is 0.0774. The molecule has 110 valence electrons. The van der Waals surface area contributed by atoms with E-state index < -0.39 is 11.9 Å². The fourth-order valence-corrected chi connectivity index (χ4v) is 2.84. The average molecular weight is 279 g/mol. The minimum Gasteiger partial charge on any atom is -0.368 e. The fraction of sp³-hybridized carbons (Fsp3) is 0.533. The van der Waals surface area contributed by atoms with E-state index in [1.54, 1.807) is 12.1 Å². The summed E-state index contributed by atoms with van der Waals surface area (Å²) < 4.78 is 13.0. The molecular formula is C15H22FN3O. The number of rotatable bonds is 3. The molecular weight excluding hydrogens is 257 g/mol. The molecule has 20 heavy (non-hydrogen) atoms. The number of halogens is 1. The number of nitrogens with zero attached hydrogens (tertiary/aromatic N) is 1. The van der Waals surface area contributed by atoms with Gasteiger partial charge in [-0.1, -0.05) is 26.0 Å². The van der Waals surface area contributed by atoms with Gasteiger partial charge in [0, 0.05) is 19.1 Å². The molecule has 4 nitrogen and oxygen atoms in total. The molecule has 2 atom stereocenters. The quantitative estimate of drug-likeness (QED) is 0.878. The van der Waals surface area contributed by atoms with Gasteiger partial charge in [0.25, 0.3) is 0 Å². The molecule has 5 heteroatoms. The van der Waals surface area contributed by atoms with Gasteiger partial charge in [-0.15, -0.1) is 0 Å². The zero-order chi connectivity index (χ0) is 14.9. The molecule has 1 aromatic carbocycles. The Hall–Kier alpha value is -1.46. The van der Waals surface area contributed by atoms with Crippen LogP contribution in [0.15, 0.2) is 24.3 Å². The highest BCUT2D eigenvalue weighted by atomic mass is 19.1. The number of likely N-dealkylation sites (tertiary alicyclic amines) is 1. The first-order valence-electron chi connectivity index (χ1n) is 6.85. The van der Waals surface area contributed by atoms with E-state index in [-0.39, 0.29) is 17.3 Å². The van der Waals surface area contributed by atoms with Gasteiger partial charge in [0.2, 0.25) is 5.91 Å². The maximum atomic E-state index is 13.0. The standard InChI is InChI=1S/C15H22FN3O/c1-15(2)9-19(8-7-12(15)17)13(14(18)20)10-3-5-11(16)6-4-10/h3-6,12-13H,7-9,17H2,1-2H3,(H2,18,20). The van der Waals surface area contributed by atoms with Crippen molar-refractivity contribution in [2.24, 2.45) is 16.9 Å². The van der Waals surface area contributed by atoms with E-state index in [0.717, 1.165) is 18.5 Å². The zero-order valence-electron chi connectivity index (χ0n) is 12.0. The van der Waals surface area contributed by atoms with Crippen molar-refractivity contribution < 1.29 is 9.18 Å². The lowest BCUT2D eigenvalue weighted by Crippen LogP contribution is -2.54. The van der Waals surface area contributed by atoms with E-state index in [4.69, 9.17) is 11.5 Å². The number of nitrogens with two attached hydrogens (primary N) is 2. The van der Waals surface area contributed by atoms with Crippen molar-refractivity contribution in [3.63, 3.8) is 0 Å². The number of carbonyl (C=O) groups is 1. The molecule has 1 aliphatic rings. The van der Waals surface area contributed by atoms with Crippen LogP contribution in [0.5, 0.6) is 0 Å². The summed E-state index contributed by atoms with van der Waals surface area (Å²) in [4.78, 5) is 13.9. The number of primary amides is 1. The number of amides is 1. The van der Waals surface area contributed by atoms with E-state index in [0.29, 0.717) is 6.54 Å². The van der Waals surface area contributed by atoms with Gasteiger partial charge in [-0.3, -0.25) is 9.69 Å². The van der Waals surface area contributed by atoms with Crippen LogP contribution >= 0.6 is 0 Å². The smallest absolute Gasteiger partial charge is 0.239 e. The van der Waals surface area contributed by atoms with E-state index in [2.05, 4.69) is 13.8 Å². The number of hydrogen-bond donors (Lipinski definition) is 2. The maximum Gasteiger partial charge on any atom is 0.239 e. The van der Waals surface area contributed by atoms with E-state index in [1.165, 1.54) is 12.1 Å². The summed E-state index contributed by atoms with van der Waals surface area (Å²) in [7, 11) is 0. The minimum atomic E-state index is -0.526. The number of hydrogen-bond acceptors (Lipinski definition) is 3. The molecule has 0 aromatic heterocycles. The predicted octanol–water partition coefficient (Wildman–Crippen LogP) is 1.41. The van der Waals surface area contributed by atoms with Gasteiger partial charge in [-0.25, -0.2) is 4.39 Å². The van der Waals surface area contributed by atoms with Crippen LogP contribution in [0.4, 0.5) is 4.39 Å².